The Morgan fingerprint density at radius 3 is 1.50 bits per heavy atom. The van der Waals surface area contributed by atoms with Crippen LogP contribution >= 0.6 is 0 Å². The second-order valence-electron chi connectivity index (χ2n) is 19.4. The van der Waals surface area contributed by atoms with Crippen LogP contribution in [0.4, 0.5) is 0 Å². The fourth-order valence-electron chi connectivity index (χ4n) is 10.1. The molecular formula is C49H77N3O24. The molecule has 20 atom stereocenters. The summed E-state index contributed by atoms with van der Waals surface area (Å²) in [6.45, 7) is 6.10. The summed E-state index contributed by atoms with van der Waals surface area (Å²) in [4.78, 5) is 64.1. The number of aliphatic hydroxyl groups excluding tert-OH is 8. The Morgan fingerprint density at radius 1 is 0.592 bits per heavy atom. The van der Waals surface area contributed by atoms with Crippen molar-refractivity contribution < 1.29 is 118 Å². The molecule has 4 heterocycles. The van der Waals surface area contributed by atoms with Gasteiger partial charge in [-0.3, -0.25) is 14.4 Å². The lowest BCUT2D eigenvalue weighted by atomic mass is 9.81. The third-order valence-corrected chi connectivity index (χ3v) is 13.8. The van der Waals surface area contributed by atoms with Crippen LogP contribution in [-0.4, -0.2) is 242 Å². The molecule has 0 aromatic heterocycles. The third-order valence-electron chi connectivity index (χ3n) is 13.8. The maximum Gasteiger partial charge on any atom is 0.335 e. The summed E-state index contributed by atoms with van der Waals surface area (Å²) in [5.74, 6) is -5.18. The minimum atomic E-state index is -2.25. The van der Waals surface area contributed by atoms with Gasteiger partial charge in [-0.15, -0.1) is 0 Å². The molecule has 4 aliphatic rings. The summed E-state index contributed by atoms with van der Waals surface area (Å²) in [6, 6.07) is 4.24. The number of methoxy groups -OCH3 is 1. The maximum absolute atomic E-state index is 14.1. The zero-order chi connectivity index (χ0) is 56.2. The summed E-state index contributed by atoms with van der Waals surface area (Å²) in [5, 5.41) is 117. The van der Waals surface area contributed by atoms with Crippen molar-refractivity contribution >= 4 is 29.5 Å². The van der Waals surface area contributed by atoms with Gasteiger partial charge < -0.3 is 110 Å². The van der Waals surface area contributed by atoms with Gasteiger partial charge in [0.15, 0.2) is 43.2 Å². The van der Waals surface area contributed by atoms with Gasteiger partial charge in [-0.05, 0) is 31.2 Å². The van der Waals surface area contributed by atoms with Crippen molar-refractivity contribution in [2.75, 3.05) is 33.5 Å². The SMILES string of the molecule is CCCCc1ccc(C(=O)C(CCC)(CCC)NCCOC2OC(C(=O)O)C(OC3OC(CO)C(OC4OC(C(=O)O)C(OC5OC(CO)C(OC)C(O)C5NC(C)=O)C(O)C4O)C(O)C3NC(C)=O)C(O)C2O)cc1. The van der Waals surface area contributed by atoms with E-state index in [4.69, 9.17) is 42.6 Å². The lowest BCUT2D eigenvalue weighted by Crippen LogP contribution is -2.70. The summed E-state index contributed by atoms with van der Waals surface area (Å²) in [5.41, 5.74) is 0.665. The number of ketones is 1. The Bertz CT molecular complexity index is 2030. The highest BCUT2D eigenvalue weighted by Crippen LogP contribution is 2.35. The van der Waals surface area contributed by atoms with Crippen molar-refractivity contribution in [3.63, 3.8) is 0 Å². The average molecular weight is 1090 g/mol. The lowest BCUT2D eigenvalue weighted by molar-refractivity contribution is -0.371. The average Bonchev–Trinajstić information content (AvgIpc) is 3.38. The standard InChI is InChI=1S/C49H77N3O24/c1-7-10-11-24-12-14-25(15-13-24)42(63)49(16-8-2,17-9-3)50-18-19-69-47-34(61)32(59)38(40(75-47)43(64)65)73-46-29(52-23(5)56)31(58)37(27(21-54)71-46)72-48-35(62)33(60)39(41(76-48)44(66)67)74-45-28(51-22(4)55)30(57)36(68-6)26(20-53)70-45/h12-15,26-41,45-48,50,53-54,57-62H,7-11,16-21H2,1-6H3,(H,51,55)(H,52,56)(H,64,65)(H,66,67). The van der Waals surface area contributed by atoms with Gasteiger partial charge in [-0.25, -0.2) is 9.59 Å². The van der Waals surface area contributed by atoms with E-state index in [1.165, 1.54) is 7.11 Å². The van der Waals surface area contributed by atoms with Crippen LogP contribution in [0.1, 0.15) is 89.1 Å². The molecule has 0 spiro atoms. The molecule has 4 aliphatic heterocycles. The number of nitrogens with one attached hydrogen (secondary N) is 3. The number of hydrogen-bond acceptors (Lipinski definition) is 23. The lowest BCUT2D eigenvalue weighted by Gasteiger charge is -2.49. The van der Waals surface area contributed by atoms with Crippen LogP contribution in [0.5, 0.6) is 0 Å². The summed E-state index contributed by atoms with van der Waals surface area (Å²) >= 11 is 0. The predicted molar refractivity (Wildman–Crippen MR) is 257 cm³/mol. The summed E-state index contributed by atoms with van der Waals surface area (Å²) in [6.07, 6.45) is -29.4. The molecule has 0 bridgehead atoms. The van der Waals surface area contributed by atoms with E-state index in [0.717, 1.165) is 38.7 Å². The molecule has 0 radical (unpaired) electrons. The van der Waals surface area contributed by atoms with Crippen molar-refractivity contribution in [1.82, 2.24) is 16.0 Å². The molecule has 27 nitrogen and oxygen atoms in total. The number of aliphatic hydroxyl groups is 8. The molecule has 0 aliphatic carbocycles. The van der Waals surface area contributed by atoms with Crippen LogP contribution in [0.15, 0.2) is 24.3 Å². The Kier molecular flexibility index (Phi) is 23.8. The van der Waals surface area contributed by atoms with E-state index in [1.807, 2.05) is 38.1 Å². The van der Waals surface area contributed by atoms with Gasteiger partial charge in [-0.2, -0.15) is 0 Å². The highest BCUT2D eigenvalue weighted by atomic mass is 16.8. The molecule has 27 heteroatoms. The van der Waals surface area contributed by atoms with Crippen LogP contribution in [0.2, 0.25) is 0 Å². The van der Waals surface area contributed by atoms with Gasteiger partial charge in [0, 0.05) is 33.1 Å². The molecule has 4 saturated heterocycles. The molecule has 1 aromatic carbocycles. The number of ether oxygens (including phenoxy) is 9. The zero-order valence-corrected chi connectivity index (χ0v) is 43.3. The zero-order valence-electron chi connectivity index (χ0n) is 43.3. The number of carbonyl (C=O) groups is 5. The maximum atomic E-state index is 14.1. The molecule has 0 saturated carbocycles. The van der Waals surface area contributed by atoms with Gasteiger partial charge in [-0.1, -0.05) is 64.3 Å². The quantitative estimate of drug-likeness (QED) is 0.0301. The van der Waals surface area contributed by atoms with Crippen molar-refractivity contribution in [2.45, 2.75) is 208 Å². The van der Waals surface area contributed by atoms with E-state index in [-0.39, 0.29) is 18.9 Å². The van der Waals surface area contributed by atoms with Crippen LogP contribution in [0.3, 0.4) is 0 Å². The first-order valence-corrected chi connectivity index (χ1v) is 25.5. The van der Waals surface area contributed by atoms with Gasteiger partial charge in [0.2, 0.25) is 11.8 Å². The third kappa shape index (κ3) is 14.8. The number of benzene rings is 1. The number of unbranched alkanes of at least 4 members (excludes halogenated alkanes) is 1. The van der Waals surface area contributed by atoms with E-state index in [2.05, 4.69) is 22.9 Å². The summed E-state index contributed by atoms with van der Waals surface area (Å²) in [7, 11) is 1.19. The normalized spacial score (nSPS) is 36.0. The fraction of sp³-hybridized carbons (Fsp3) is 0.776. The number of hydrogen-bond donors (Lipinski definition) is 13. The predicted octanol–water partition coefficient (Wildman–Crippen LogP) is -3.44. The number of rotatable bonds is 27. The number of carbonyl (C=O) groups excluding carboxylic acids is 3. The van der Waals surface area contributed by atoms with Crippen LogP contribution in [-0.2, 0) is 68.2 Å². The van der Waals surface area contributed by atoms with Crippen LogP contribution < -0.4 is 16.0 Å². The monoisotopic (exact) mass is 1090 g/mol. The molecule has 2 amide bonds. The number of aryl methyl sites for hydroxylation is 1. The van der Waals surface area contributed by atoms with E-state index >= 15 is 0 Å². The van der Waals surface area contributed by atoms with Gasteiger partial charge in [0.25, 0.3) is 0 Å². The van der Waals surface area contributed by atoms with Crippen molar-refractivity contribution in [3.05, 3.63) is 35.4 Å². The molecular weight excluding hydrogens is 1010 g/mol. The highest BCUT2D eigenvalue weighted by molar-refractivity contribution is 6.03. The summed E-state index contributed by atoms with van der Waals surface area (Å²) < 4.78 is 51.1. The molecule has 13 N–H and O–H groups in total. The molecule has 5 rings (SSSR count). The Hall–Kier alpha value is -3.95. The molecule has 432 valence electrons. The topological polar surface area (TPSA) is 407 Å². The smallest absolute Gasteiger partial charge is 0.335 e. The first-order chi connectivity index (χ1) is 36.1. The van der Waals surface area contributed by atoms with Gasteiger partial charge in [0.1, 0.15) is 85.3 Å². The Balaban J connectivity index is 1.28. The minimum absolute atomic E-state index is 0.0358. The number of Topliss-reactive ketones (excluding diaryl/α,β-unsaturated/α-hetero) is 1. The van der Waals surface area contributed by atoms with Gasteiger partial charge in [0.05, 0.1) is 25.4 Å². The number of carboxylic acids is 2. The molecule has 4 fully saturated rings. The Labute approximate surface area is 439 Å². The molecule has 20 unspecified atom stereocenters. The number of carboxylic acid groups (broad SMARTS) is 2. The fourth-order valence-corrected chi connectivity index (χ4v) is 10.1. The molecule has 76 heavy (non-hydrogen) atoms. The van der Waals surface area contributed by atoms with Crippen molar-refractivity contribution in [2.24, 2.45) is 0 Å². The first kappa shape index (κ1) is 62.9. The van der Waals surface area contributed by atoms with Crippen LogP contribution in [0.25, 0.3) is 0 Å². The van der Waals surface area contributed by atoms with Crippen LogP contribution in [0, 0.1) is 0 Å². The second kappa shape index (κ2) is 28.8. The number of amides is 2. The van der Waals surface area contributed by atoms with E-state index in [1.54, 1.807) is 0 Å². The van der Waals surface area contributed by atoms with E-state index in [0.29, 0.717) is 31.2 Å². The largest absolute Gasteiger partial charge is 0.479 e. The minimum Gasteiger partial charge on any atom is -0.479 e. The van der Waals surface area contributed by atoms with E-state index < -0.39 is 165 Å². The Morgan fingerprint density at radius 2 is 1.05 bits per heavy atom. The highest BCUT2D eigenvalue weighted by Gasteiger charge is 2.58. The first-order valence-electron chi connectivity index (χ1n) is 25.5. The van der Waals surface area contributed by atoms with Crippen molar-refractivity contribution in [3.8, 4) is 0 Å². The second-order valence-corrected chi connectivity index (χ2v) is 19.4. The van der Waals surface area contributed by atoms with Crippen molar-refractivity contribution in [1.29, 1.82) is 0 Å². The van der Waals surface area contributed by atoms with E-state index in [9.17, 15) is 75.0 Å². The number of aliphatic carboxylic acids is 2. The van der Waals surface area contributed by atoms with Gasteiger partial charge >= 0.3 is 11.9 Å². The molecule has 1 aromatic rings.